The van der Waals surface area contributed by atoms with Crippen LogP contribution in [0.4, 0.5) is 10.4 Å². The van der Waals surface area contributed by atoms with Crippen molar-refractivity contribution >= 4 is 23.0 Å². The highest BCUT2D eigenvalue weighted by molar-refractivity contribution is 5.79. The Kier molecular flexibility index (Phi) is 3.67. The molecule has 0 radical (unpaired) electrons. The van der Waals surface area contributed by atoms with E-state index in [0.29, 0.717) is 30.1 Å². The zero-order valence-electron chi connectivity index (χ0n) is 13.9. The Morgan fingerprint density at radius 3 is 3.00 bits per heavy atom. The van der Waals surface area contributed by atoms with E-state index in [4.69, 9.17) is 4.42 Å². The zero-order valence-corrected chi connectivity index (χ0v) is 13.9. The van der Waals surface area contributed by atoms with Crippen LogP contribution in [0.15, 0.2) is 35.0 Å². The summed E-state index contributed by atoms with van der Waals surface area (Å²) in [7, 11) is 3.66. The molecule has 3 heterocycles. The van der Waals surface area contributed by atoms with Crippen molar-refractivity contribution in [2.24, 2.45) is 13.0 Å². The van der Waals surface area contributed by atoms with Crippen molar-refractivity contribution < 1.29 is 13.6 Å². The zero-order chi connectivity index (χ0) is 17.6. The third-order valence-electron chi connectivity index (χ3n) is 4.63. The molecule has 4 rings (SSSR count). The van der Waals surface area contributed by atoms with Crippen LogP contribution in [0.5, 0.6) is 0 Å². The van der Waals surface area contributed by atoms with Gasteiger partial charge in [-0.2, -0.15) is 10.1 Å². The number of nitrogens with zero attached hydrogens (tertiary/aromatic N) is 4. The van der Waals surface area contributed by atoms with Gasteiger partial charge in [0.2, 0.25) is 5.91 Å². The number of nitrogens with one attached hydrogen (secondary N) is 1. The van der Waals surface area contributed by atoms with Gasteiger partial charge in [0, 0.05) is 50.8 Å². The standard InChI is InChI=1S/C17H18FN5O2/c1-22-9-11(8-20-22)16-10(5-15(24)23(16)2)7-19-17-21-13-6-12(18)3-4-14(13)25-17/h3-4,6,8-10,16H,5,7H2,1-2H3,(H,19,21)/t10-,16+/m0/s1. The third-order valence-corrected chi connectivity index (χ3v) is 4.63. The van der Waals surface area contributed by atoms with Crippen LogP contribution in [0.25, 0.3) is 11.1 Å². The van der Waals surface area contributed by atoms with Crippen LogP contribution in [0.2, 0.25) is 0 Å². The second kappa shape index (κ2) is 5.87. The molecule has 1 fully saturated rings. The number of aromatic nitrogens is 3. The van der Waals surface area contributed by atoms with Gasteiger partial charge in [0.15, 0.2) is 5.58 Å². The second-order valence-electron chi connectivity index (χ2n) is 6.37. The van der Waals surface area contributed by atoms with Crippen molar-refractivity contribution in [3.8, 4) is 0 Å². The smallest absolute Gasteiger partial charge is 0.295 e. The van der Waals surface area contributed by atoms with Crippen LogP contribution < -0.4 is 5.32 Å². The molecule has 1 aromatic carbocycles. The number of benzene rings is 1. The van der Waals surface area contributed by atoms with Gasteiger partial charge in [0.25, 0.3) is 6.01 Å². The Hall–Kier alpha value is -2.90. The fourth-order valence-electron chi connectivity index (χ4n) is 3.42. The number of hydrogen-bond donors (Lipinski definition) is 1. The van der Waals surface area contributed by atoms with E-state index in [0.717, 1.165) is 5.56 Å². The first-order chi connectivity index (χ1) is 12.0. The molecule has 0 spiro atoms. The van der Waals surface area contributed by atoms with Crippen molar-refractivity contribution in [2.45, 2.75) is 12.5 Å². The van der Waals surface area contributed by atoms with Crippen molar-refractivity contribution in [3.05, 3.63) is 42.0 Å². The summed E-state index contributed by atoms with van der Waals surface area (Å²) >= 11 is 0. The highest BCUT2D eigenvalue weighted by Gasteiger charge is 2.39. The molecular formula is C17H18FN5O2. The van der Waals surface area contributed by atoms with Crippen molar-refractivity contribution in [2.75, 3.05) is 18.9 Å². The average Bonchev–Trinajstić information content (AvgIpc) is 3.24. The Labute approximate surface area is 143 Å². The lowest BCUT2D eigenvalue weighted by molar-refractivity contribution is -0.127. The van der Waals surface area contributed by atoms with Crippen LogP contribution in [0.3, 0.4) is 0 Å². The van der Waals surface area contributed by atoms with Gasteiger partial charge in [-0.05, 0) is 12.1 Å². The number of fused-ring (bicyclic) bond motifs is 1. The molecule has 1 aliphatic heterocycles. The molecule has 8 heteroatoms. The number of oxazole rings is 1. The summed E-state index contributed by atoms with van der Waals surface area (Å²) in [4.78, 5) is 18.2. The monoisotopic (exact) mass is 343 g/mol. The molecule has 2 atom stereocenters. The Bertz CT molecular complexity index is 934. The van der Waals surface area contributed by atoms with Crippen LogP contribution in [-0.4, -0.2) is 39.2 Å². The van der Waals surface area contributed by atoms with Crippen LogP contribution in [-0.2, 0) is 11.8 Å². The van der Waals surface area contributed by atoms with Crippen LogP contribution in [0, 0.1) is 11.7 Å². The van der Waals surface area contributed by atoms with E-state index in [-0.39, 0.29) is 23.7 Å². The molecule has 1 aliphatic rings. The van der Waals surface area contributed by atoms with Crippen molar-refractivity contribution in [1.82, 2.24) is 19.7 Å². The van der Waals surface area contributed by atoms with E-state index >= 15 is 0 Å². The van der Waals surface area contributed by atoms with Gasteiger partial charge in [-0.1, -0.05) is 0 Å². The maximum absolute atomic E-state index is 13.3. The van der Waals surface area contributed by atoms with E-state index in [2.05, 4.69) is 15.4 Å². The number of anilines is 1. The summed E-state index contributed by atoms with van der Waals surface area (Å²) in [6.07, 6.45) is 4.15. The first-order valence-corrected chi connectivity index (χ1v) is 8.05. The summed E-state index contributed by atoms with van der Waals surface area (Å²) in [6.45, 7) is 0.519. The predicted molar refractivity (Wildman–Crippen MR) is 89.3 cm³/mol. The molecule has 0 aliphatic carbocycles. The largest absolute Gasteiger partial charge is 0.424 e. The molecule has 1 saturated heterocycles. The van der Waals surface area contributed by atoms with Crippen LogP contribution >= 0.6 is 0 Å². The number of amides is 1. The normalized spacial score (nSPS) is 20.6. The molecular weight excluding hydrogens is 325 g/mol. The fourth-order valence-corrected chi connectivity index (χ4v) is 3.42. The molecule has 130 valence electrons. The summed E-state index contributed by atoms with van der Waals surface area (Å²) in [6, 6.07) is 4.49. The van der Waals surface area contributed by atoms with Gasteiger partial charge >= 0.3 is 0 Å². The van der Waals surface area contributed by atoms with Gasteiger partial charge in [-0.15, -0.1) is 0 Å². The summed E-state index contributed by atoms with van der Waals surface area (Å²) in [5, 5.41) is 7.34. The number of likely N-dealkylation sites (tertiary alicyclic amines) is 1. The molecule has 7 nitrogen and oxygen atoms in total. The van der Waals surface area contributed by atoms with Crippen molar-refractivity contribution in [3.63, 3.8) is 0 Å². The summed E-state index contributed by atoms with van der Waals surface area (Å²) in [5.74, 6) is -0.194. The Morgan fingerprint density at radius 1 is 1.40 bits per heavy atom. The maximum Gasteiger partial charge on any atom is 0.295 e. The minimum Gasteiger partial charge on any atom is -0.424 e. The van der Waals surface area contributed by atoms with E-state index in [1.54, 1.807) is 21.8 Å². The van der Waals surface area contributed by atoms with E-state index in [1.165, 1.54) is 12.1 Å². The summed E-state index contributed by atoms with van der Waals surface area (Å²) in [5.41, 5.74) is 1.99. The Balaban J connectivity index is 1.52. The molecule has 25 heavy (non-hydrogen) atoms. The average molecular weight is 343 g/mol. The molecule has 0 bridgehead atoms. The lowest BCUT2D eigenvalue weighted by atomic mass is 9.96. The number of aryl methyl sites for hydroxylation is 1. The predicted octanol–water partition coefficient (Wildman–Crippen LogP) is 2.33. The lowest BCUT2D eigenvalue weighted by Crippen LogP contribution is -2.26. The number of hydrogen-bond acceptors (Lipinski definition) is 5. The molecule has 1 N–H and O–H groups in total. The van der Waals surface area contributed by atoms with E-state index < -0.39 is 0 Å². The minimum atomic E-state index is -0.355. The quantitative estimate of drug-likeness (QED) is 0.787. The van der Waals surface area contributed by atoms with Gasteiger partial charge < -0.3 is 14.6 Å². The number of rotatable bonds is 4. The number of carbonyl (C=O) groups is 1. The fraction of sp³-hybridized carbons (Fsp3) is 0.353. The molecule has 0 unspecified atom stereocenters. The van der Waals surface area contributed by atoms with Crippen molar-refractivity contribution in [1.29, 1.82) is 0 Å². The molecule has 3 aromatic rings. The maximum atomic E-state index is 13.3. The van der Waals surface area contributed by atoms with E-state index in [1.807, 2.05) is 20.3 Å². The number of halogens is 1. The first kappa shape index (κ1) is 15.6. The lowest BCUT2D eigenvalue weighted by Gasteiger charge is -2.23. The topological polar surface area (TPSA) is 76.2 Å². The second-order valence-corrected chi connectivity index (χ2v) is 6.37. The van der Waals surface area contributed by atoms with Crippen LogP contribution in [0.1, 0.15) is 18.0 Å². The highest BCUT2D eigenvalue weighted by atomic mass is 19.1. The van der Waals surface area contributed by atoms with Gasteiger partial charge in [-0.3, -0.25) is 9.48 Å². The van der Waals surface area contributed by atoms with Gasteiger partial charge in [-0.25, -0.2) is 4.39 Å². The highest BCUT2D eigenvalue weighted by Crippen LogP contribution is 2.36. The first-order valence-electron chi connectivity index (χ1n) is 8.05. The minimum absolute atomic E-state index is 0.0458. The molecule has 0 saturated carbocycles. The number of carbonyl (C=O) groups excluding carboxylic acids is 1. The SMILES string of the molecule is CN1C(=O)C[C@@H](CNc2nc3cc(F)ccc3o2)[C@@H]1c1cnn(C)c1. The van der Waals surface area contributed by atoms with E-state index in [9.17, 15) is 9.18 Å². The Morgan fingerprint density at radius 2 is 2.24 bits per heavy atom. The van der Waals surface area contributed by atoms with Gasteiger partial charge in [0.1, 0.15) is 11.3 Å². The van der Waals surface area contributed by atoms with Gasteiger partial charge in [0.05, 0.1) is 12.2 Å². The molecule has 2 aromatic heterocycles. The summed E-state index contributed by atoms with van der Waals surface area (Å²) < 4.78 is 20.6. The molecule has 1 amide bonds. The third kappa shape index (κ3) is 2.84.